The third-order valence-electron chi connectivity index (χ3n) is 5.18. The van der Waals surface area contributed by atoms with Crippen LogP contribution in [-0.2, 0) is 16.5 Å². The minimum absolute atomic E-state index is 0.603. The number of fused-ring (bicyclic) bond motifs is 2. The summed E-state index contributed by atoms with van der Waals surface area (Å²) in [4.78, 5) is 8.61. The second kappa shape index (κ2) is 9.85. The Labute approximate surface area is 212 Å². The molecule has 0 fully saturated rings. The van der Waals surface area contributed by atoms with Gasteiger partial charge in [0.1, 0.15) is 0 Å². The predicted octanol–water partition coefficient (Wildman–Crippen LogP) is 7.43. The molecule has 33 heavy (non-hydrogen) atoms. The molecule has 0 aliphatic carbocycles. The Hall–Kier alpha value is -1.76. The van der Waals surface area contributed by atoms with Gasteiger partial charge in [0.25, 0.3) is 0 Å². The van der Waals surface area contributed by atoms with E-state index >= 15 is 0 Å². The zero-order valence-electron chi connectivity index (χ0n) is 19.2. The molecule has 2 aromatic carbocycles. The quantitative estimate of drug-likeness (QED) is 0.261. The fourth-order valence-corrected chi connectivity index (χ4v) is 4.32. The third-order valence-corrected chi connectivity index (χ3v) is 6.24. The van der Waals surface area contributed by atoms with E-state index in [0.29, 0.717) is 10.0 Å². The molecule has 0 saturated heterocycles. The molecule has 0 radical (unpaired) electrons. The Kier molecular flexibility index (Phi) is 7.72. The van der Waals surface area contributed by atoms with Crippen molar-refractivity contribution in [3.05, 3.63) is 81.1 Å². The van der Waals surface area contributed by atoms with Gasteiger partial charge in [-0.3, -0.25) is 9.97 Å². The Morgan fingerprint density at radius 2 is 1.21 bits per heavy atom. The highest BCUT2D eigenvalue weighted by molar-refractivity contribution is 9.08. The van der Waals surface area contributed by atoms with E-state index < -0.39 is 11.2 Å². The van der Waals surface area contributed by atoms with Crippen LogP contribution in [0.3, 0.4) is 0 Å². The topological polar surface area (TPSA) is 66.2 Å². The van der Waals surface area contributed by atoms with Crippen LogP contribution in [0.5, 0.6) is 0 Å². The summed E-state index contributed by atoms with van der Waals surface area (Å²) in [6.07, 6.45) is 3.21. The van der Waals surface area contributed by atoms with Crippen LogP contribution in [0, 0.1) is 6.92 Å². The van der Waals surface area contributed by atoms with Crippen LogP contribution >= 0.6 is 39.1 Å². The first-order chi connectivity index (χ1) is 15.3. The summed E-state index contributed by atoms with van der Waals surface area (Å²) < 4.78 is 0. The first-order valence-electron chi connectivity index (χ1n) is 10.5. The molecule has 2 aromatic heterocycles. The first-order valence-corrected chi connectivity index (χ1v) is 12.3. The van der Waals surface area contributed by atoms with Crippen molar-refractivity contribution in [2.45, 2.75) is 51.2 Å². The highest BCUT2D eigenvalue weighted by Crippen LogP contribution is 2.31. The Morgan fingerprint density at radius 3 is 1.67 bits per heavy atom. The lowest BCUT2D eigenvalue weighted by Crippen LogP contribution is -2.16. The predicted molar refractivity (Wildman–Crippen MR) is 141 cm³/mol. The summed E-state index contributed by atoms with van der Waals surface area (Å²) in [5.74, 6) is 0. The minimum atomic E-state index is -0.919. The number of aromatic nitrogens is 2. The van der Waals surface area contributed by atoms with E-state index in [1.54, 1.807) is 40.1 Å². The van der Waals surface area contributed by atoms with Crippen LogP contribution in [0.2, 0.25) is 10.0 Å². The van der Waals surface area contributed by atoms with Crippen LogP contribution in [0.4, 0.5) is 0 Å². The second-order valence-corrected chi connectivity index (χ2v) is 10.6. The Balaban J connectivity index is 0.000000186. The SMILES string of the molecule is CC(C)(O)c1cc(CBr)cc2cc(Cl)cnc12.Cc1cc(C(C)(C)O)c2ncc(Cl)cc2c1. The van der Waals surface area contributed by atoms with Crippen LogP contribution in [0.1, 0.15) is 49.9 Å². The van der Waals surface area contributed by atoms with Gasteiger partial charge in [0.15, 0.2) is 0 Å². The summed E-state index contributed by atoms with van der Waals surface area (Å²) in [5, 5.41) is 24.2. The van der Waals surface area contributed by atoms with E-state index in [4.69, 9.17) is 23.2 Å². The molecule has 0 amide bonds. The van der Waals surface area contributed by atoms with E-state index in [-0.39, 0.29) is 0 Å². The summed E-state index contributed by atoms with van der Waals surface area (Å²) in [6.45, 7) is 9.04. The lowest BCUT2D eigenvalue weighted by molar-refractivity contribution is 0.0793. The molecular formula is C26H27BrCl2N2O2. The van der Waals surface area contributed by atoms with Crippen molar-refractivity contribution < 1.29 is 10.2 Å². The van der Waals surface area contributed by atoms with Crippen LogP contribution in [-0.4, -0.2) is 20.2 Å². The van der Waals surface area contributed by atoms with Gasteiger partial charge < -0.3 is 10.2 Å². The summed E-state index contributed by atoms with van der Waals surface area (Å²) >= 11 is 15.3. The molecule has 2 heterocycles. The zero-order valence-corrected chi connectivity index (χ0v) is 22.3. The molecule has 0 saturated carbocycles. The lowest BCUT2D eigenvalue weighted by atomic mass is 9.93. The maximum atomic E-state index is 10.2. The Morgan fingerprint density at radius 1 is 0.758 bits per heavy atom. The molecule has 2 N–H and O–H groups in total. The lowest BCUT2D eigenvalue weighted by Gasteiger charge is -2.20. The van der Waals surface area contributed by atoms with E-state index in [2.05, 4.69) is 25.9 Å². The fourth-order valence-electron chi connectivity index (χ4n) is 3.67. The van der Waals surface area contributed by atoms with Gasteiger partial charge in [-0.1, -0.05) is 45.2 Å². The number of benzene rings is 2. The van der Waals surface area contributed by atoms with Gasteiger partial charge in [0.2, 0.25) is 0 Å². The van der Waals surface area contributed by atoms with Gasteiger partial charge in [-0.25, -0.2) is 0 Å². The third kappa shape index (κ3) is 6.23. The normalized spacial score (nSPS) is 12.1. The van der Waals surface area contributed by atoms with E-state index in [0.717, 1.165) is 49.4 Å². The second-order valence-electron chi connectivity index (χ2n) is 9.16. The van der Waals surface area contributed by atoms with Crippen molar-refractivity contribution in [2.24, 2.45) is 0 Å². The molecule has 4 nitrogen and oxygen atoms in total. The molecule has 0 bridgehead atoms. The van der Waals surface area contributed by atoms with Gasteiger partial charge in [-0.05, 0) is 76.1 Å². The van der Waals surface area contributed by atoms with Crippen molar-refractivity contribution >= 4 is 60.9 Å². The number of nitrogens with zero attached hydrogens (tertiary/aromatic N) is 2. The molecule has 0 aliphatic rings. The van der Waals surface area contributed by atoms with Crippen molar-refractivity contribution in [3.63, 3.8) is 0 Å². The minimum Gasteiger partial charge on any atom is -0.386 e. The van der Waals surface area contributed by atoms with Gasteiger partial charge in [-0.15, -0.1) is 0 Å². The average molecular weight is 550 g/mol. The molecule has 0 aliphatic heterocycles. The standard InChI is InChI=1S/C13H13BrClNO.C13H14ClNO/c1-13(2,17)11-4-8(6-14)3-9-5-10(15)7-16-12(9)11;1-8-4-9-6-10(14)7-15-12(9)11(5-8)13(2,3)16/h3-5,7,17H,6H2,1-2H3;4-7,16H,1-3H3. The summed E-state index contributed by atoms with van der Waals surface area (Å²) in [5.41, 5.74) is 3.63. The number of aliphatic hydroxyl groups is 2. The monoisotopic (exact) mass is 548 g/mol. The molecule has 0 atom stereocenters. The summed E-state index contributed by atoms with van der Waals surface area (Å²) in [7, 11) is 0. The van der Waals surface area contributed by atoms with Crippen LogP contribution in [0.15, 0.2) is 48.8 Å². The Bertz CT molecular complexity index is 1310. The number of alkyl halides is 1. The fraction of sp³-hybridized carbons (Fsp3) is 0.308. The first kappa shape index (κ1) is 25.9. The number of hydrogen-bond acceptors (Lipinski definition) is 4. The van der Waals surface area contributed by atoms with Crippen molar-refractivity contribution in [1.82, 2.24) is 9.97 Å². The number of pyridine rings is 2. The molecule has 0 spiro atoms. The molecule has 4 rings (SSSR count). The molecular weight excluding hydrogens is 523 g/mol. The van der Waals surface area contributed by atoms with Gasteiger partial charge in [0.05, 0.1) is 32.3 Å². The summed E-state index contributed by atoms with van der Waals surface area (Å²) in [6, 6.07) is 11.7. The van der Waals surface area contributed by atoms with Gasteiger partial charge >= 0.3 is 0 Å². The molecule has 7 heteroatoms. The van der Waals surface area contributed by atoms with Crippen molar-refractivity contribution in [1.29, 1.82) is 0 Å². The number of aryl methyl sites for hydroxylation is 1. The average Bonchev–Trinajstić information content (AvgIpc) is 2.70. The zero-order chi connectivity index (χ0) is 24.6. The molecule has 0 unspecified atom stereocenters. The highest BCUT2D eigenvalue weighted by Gasteiger charge is 2.21. The maximum Gasteiger partial charge on any atom is 0.0861 e. The van der Waals surface area contributed by atoms with Crippen LogP contribution < -0.4 is 0 Å². The van der Waals surface area contributed by atoms with E-state index in [1.165, 1.54) is 0 Å². The molecule has 174 valence electrons. The molecule has 4 aromatic rings. The largest absolute Gasteiger partial charge is 0.386 e. The van der Waals surface area contributed by atoms with E-state index in [1.807, 2.05) is 43.3 Å². The van der Waals surface area contributed by atoms with Crippen molar-refractivity contribution in [3.8, 4) is 0 Å². The maximum absolute atomic E-state index is 10.2. The smallest absolute Gasteiger partial charge is 0.0861 e. The van der Waals surface area contributed by atoms with Gasteiger partial charge in [-0.2, -0.15) is 0 Å². The number of hydrogen-bond donors (Lipinski definition) is 2. The number of rotatable bonds is 3. The van der Waals surface area contributed by atoms with Crippen LogP contribution in [0.25, 0.3) is 21.8 Å². The number of halogens is 3. The van der Waals surface area contributed by atoms with Crippen molar-refractivity contribution in [2.75, 3.05) is 0 Å². The van der Waals surface area contributed by atoms with E-state index in [9.17, 15) is 10.2 Å². The highest BCUT2D eigenvalue weighted by atomic mass is 79.9. The van der Waals surface area contributed by atoms with Gasteiger partial charge in [0, 0.05) is 39.6 Å².